The fraction of sp³-hybridized carbons (Fsp3) is 0. The van der Waals surface area contributed by atoms with E-state index in [2.05, 4.69) is 14.9 Å². The van der Waals surface area contributed by atoms with Crippen molar-refractivity contribution < 1.29 is 12.8 Å². The second-order valence-corrected chi connectivity index (χ2v) is 5.69. The first kappa shape index (κ1) is 13.4. The SMILES string of the molecule is NC(=S)c1c(F)cccc1NS(=O)(=O)c1cn[nH]c1. The number of sulfonamides is 1. The van der Waals surface area contributed by atoms with Crippen molar-refractivity contribution in [2.75, 3.05) is 4.72 Å². The van der Waals surface area contributed by atoms with Gasteiger partial charge in [0.15, 0.2) is 0 Å². The second-order valence-electron chi connectivity index (χ2n) is 3.57. The Morgan fingerprint density at radius 3 is 2.79 bits per heavy atom. The van der Waals surface area contributed by atoms with E-state index in [1.54, 1.807) is 0 Å². The van der Waals surface area contributed by atoms with E-state index in [1.807, 2.05) is 0 Å². The first-order valence-electron chi connectivity index (χ1n) is 5.02. The zero-order valence-electron chi connectivity index (χ0n) is 9.42. The van der Waals surface area contributed by atoms with E-state index >= 15 is 0 Å². The third-order valence-electron chi connectivity index (χ3n) is 2.29. The monoisotopic (exact) mass is 300 g/mol. The van der Waals surface area contributed by atoms with Gasteiger partial charge >= 0.3 is 0 Å². The Hall–Kier alpha value is -2.00. The van der Waals surface area contributed by atoms with Gasteiger partial charge in [0.1, 0.15) is 15.7 Å². The highest BCUT2D eigenvalue weighted by Gasteiger charge is 2.19. The number of aromatic amines is 1. The molecular formula is C10H9FN4O2S2. The van der Waals surface area contributed by atoms with Crippen molar-refractivity contribution in [1.29, 1.82) is 0 Å². The predicted octanol–water partition coefficient (Wildman–Crippen LogP) is 0.984. The average molecular weight is 300 g/mol. The molecule has 2 rings (SSSR count). The molecule has 6 nitrogen and oxygen atoms in total. The summed E-state index contributed by atoms with van der Waals surface area (Å²) in [6, 6.07) is 3.86. The maximum absolute atomic E-state index is 13.6. The van der Waals surface area contributed by atoms with Crippen LogP contribution in [-0.4, -0.2) is 23.6 Å². The molecule has 0 atom stereocenters. The van der Waals surface area contributed by atoms with Gasteiger partial charge in [-0.1, -0.05) is 18.3 Å². The van der Waals surface area contributed by atoms with Crippen LogP contribution in [0.15, 0.2) is 35.5 Å². The third-order valence-corrected chi connectivity index (χ3v) is 3.82. The van der Waals surface area contributed by atoms with Gasteiger partial charge in [-0.15, -0.1) is 0 Å². The number of aromatic nitrogens is 2. The molecular weight excluding hydrogens is 291 g/mol. The molecule has 4 N–H and O–H groups in total. The number of H-pyrrole nitrogens is 1. The summed E-state index contributed by atoms with van der Waals surface area (Å²) in [6.45, 7) is 0. The molecule has 9 heteroatoms. The average Bonchev–Trinajstić information content (AvgIpc) is 2.81. The lowest BCUT2D eigenvalue weighted by Crippen LogP contribution is -2.19. The van der Waals surface area contributed by atoms with Gasteiger partial charge in [-0.2, -0.15) is 5.10 Å². The molecule has 0 bridgehead atoms. The highest BCUT2D eigenvalue weighted by atomic mass is 32.2. The maximum atomic E-state index is 13.6. The van der Waals surface area contributed by atoms with Crippen LogP contribution in [0.5, 0.6) is 0 Å². The second kappa shape index (κ2) is 4.94. The van der Waals surface area contributed by atoms with Crippen LogP contribution in [0.3, 0.4) is 0 Å². The van der Waals surface area contributed by atoms with E-state index in [0.717, 1.165) is 12.3 Å². The molecule has 0 aliphatic heterocycles. The van der Waals surface area contributed by atoms with Gasteiger partial charge in [0, 0.05) is 6.20 Å². The van der Waals surface area contributed by atoms with Crippen LogP contribution in [0.4, 0.5) is 10.1 Å². The lowest BCUT2D eigenvalue weighted by atomic mass is 10.2. The minimum absolute atomic E-state index is 0.0197. The summed E-state index contributed by atoms with van der Waals surface area (Å²) in [7, 11) is -3.87. The summed E-state index contributed by atoms with van der Waals surface area (Å²) in [5.41, 5.74) is 5.22. The van der Waals surface area contributed by atoms with E-state index < -0.39 is 15.8 Å². The van der Waals surface area contributed by atoms with Crippen LogP contribution in [0.25, 0.3) is 0 Å². The Kier molecular flexibility index (Phi) is 3.49. The minimum atomic E-state index is -3.87. The summed E-state index contributed by atoms with van der Waals surface area (Å²) >= 11 is 4.71. The number of anilines is 1. The minimum Gasteiger partial charge on any atom is -0.389 e. The van der Waals surface area contributed by atoms with Crippen LogP contribution in [0.2, 0.25) is 0 Å². The van der Waals surface area contributed by atoms with Gasteiger partial charge in [0.2, 0.25) is 0 Å². The molecule has 0 saturated carbocycles. The number of nitrogens with two attached hydrogens (primary N) is 1. The molecule has 0 fully saturated rings. The van der Waals surface area contributed by atoms with Crippen LogP contribution in [0, 0.1) is 5.82 Å². The highest BCUT2D eigenvalue weighted by Crippen LogP contribution is 2.22. The summed E-state index contributed by atoms with van der Waals surface area (Å²) in [6.07, 6.45) is 2.32. The molecule has 1 heterocycles. The van der Waals surface area contributed by atoms with Gasteiger partial charge in [0.05, 0.1) is 17.4 Å². The number of nitrogens with zero attached hydrogens (tertiary/aromatic N) is 1. The van der Waals surface area contributed by atoms with Gasteiger partial charge < -0.3 is 5.73 Å². The van der Waals surface area contributed by atoms with Crippen LogP contribution >= 0.6 is 12.2 Å². The Balaban J connectivity index is 2.45. The Morgan fingerprint density at radius 1 is 1.47 bits per heavy atom. The predicted molar refractivity (Wildman–Crippen MR) is 71.7 cm³/mol. The topological polar surface area (TPSA) is 101 Å². The standard InChI is InChI=1S/C10H9FN4O2S2/c11-7-2-1-3-8(9(7)10(12)18)15-19(16,17)6-4-13-14-5-6/h1-5,15H,(H2,12,18)(H,13,14). The van der Waals surface area contributed by atoms with E-state index in [9.17, 15) is 12.8 Å². The molecule has 1 aromatic heterocycles. The van der Waals surface area contributed by atoms with Crippen LogP contribution in [0.1, 0.15) is 5.56 Å². The van der Waals surface area contributed by atoms with Gasteiger partial charge in [-0.25, -0.2) is 12.8 Å². The number of halogens is 1. The van der Waals surface area contributed by atoms with Gasteiger partial charge in [-0.05, 0) is 12.1 Å². The molecule has 0 spiro atoms. The summed E-state index contributed by atoms with van der Waals surface area (Å²) in [5, 5.41) is 5.91. The molecule has 0 unspecified atom stereocenters. The van der Waals surface area contributed by atoms with E-state index in [0.29, 0.717) is 0 Å². The van der Waals surface area contributed by atoms with E-state index in [4.69, 9.17) is 18.0 Å². The number of nitrogens with one attached hydrogen (secondary N) is 2. The summed E-state index contributed by atoms with van der Waals surface area (Å²) in [4.78, 5) is -0.311. The van der Waals surface area contributed by atoms with Crippen LogP contribution in [-0.2, 0) is 10.0 Å². The summed E-state index contributed by atoms with van der Waals surface area (Å²) < 4.78 is 39.8. The molecule has 2 aromatic rings. The molecule has 0 amide bonds. The van der Waals surface area contributed by atoms with E-state index in [1.165, 1.54) is 18.3 Å². The van der Waals surface area contributed by atoms with Crippen molar-refractivity contribution in [3.8, 4) is 0 Å². The fourth-order valence-corrected chi connectivity index (χ4v) is 2.63. The normalized spacial score (nSPS) is 11.2. The fourth-order valence-electron chi connectivity index (χ4n) is 1.45. The molecule has 100 valence electrons. The first-order valence-corrected chi connectivity index (χ1v) is 6.91. The molecule has 0 aliphatic rings. The number of rotatable bonds is 4. The number of benzene rings is 1. The molecule has 1 aromatic carbocycles. The Bertz CT molecular complexity index is 713. The smallest absolute Gasteiger partial charge is 0.265 e. The number of hydrogen-bond donors (Lipinski definition) is 3. The highest BCUT2D eigenvalue weighted by molar-refractivity contribution is 7.92. The van der Waals surface area contributed by atoms with Crippen LogP contribution < -0.4 is 10.5 Å². The zero-order valence-corrected chi connectivity index (χ0v) is 11.1. The third kappa shape index (κ3) is 2.71. The lowest BCUT2D eigenvalue weighted by molar-refractivity contribution is 0.601. The maximum Gasteiger partial charge on any atom is 0.265 e. The quantitative estimate of drug-likeness (QED) is 0.731. The van der Waals surface area contributed by atoms with E-state index in [-0.39, 0.29) is 21.1 Å². The van der Waals surface area contributed by atoms with Crippen molar-refractivity contribution in [1.82, 2.24) is 10.2 Å². The van der Waals surface area contributed by atoms with Gasteiger partial charge in [0.25, 0.3) is 10.0 Å². The first-order chi connectivity index (χ1) is 8.92. The molecule has 0 aliphatic carbocycles. The Morgan fingerprint density at radius 2 is 2.21 bits per heavy atom. The van der Waals surface area contributed by atoms with Crippen molar-refractivity contribution in [3.63, 3.8) is 0 Å². The van der Waals surface area contributed by atoms with Crippen molar-refractivity contribution in [3.05, 3.63) is 42.0 Å². The number of thiocarbonyl (C=S) groups is 1. The largest absolute Gasteiger partial charge is 0.389 e. The number of hydrogen-bond acceptors (Lipinski definition) is 4. The molecule has 19 heavy (non-hydrogen) atoms. The molecule has 0 radical (unpaired) electrons. The lowest BCUT2D eigenvalue weighted by Gasteiger charge is -2.11. The van der Waals surface area contributed by atoms with Gasteiger partial charge in [-0.3, -0.25) is 9.82 Å². The molecule has 0 saturated heterocycles. The summed E-state index contributed by atoms with van der Waals surface area (Å²) in [5.74, 6) is -0.695. The zero-order chi connectivity index (χ0) is 14.0. The van der Waals surface area contributed by atoms with Crippen molar-refractivity contribution >= 4 is 32.9 Å². The van der Waals surface area contributed by atoms with Crippen molar-refractivity contribution in [2.24, 2.45) is 5.73 Å². The Labute approximate surface area is 113 Å². The van der Waals surface area contributed by atoms with Crippen molar-refractivity contribution in [2.45, 2.75) is 4.90 Å².